The Bertz CT molecular complexity index is 458. The summed E-state index contributed by atoms with van der Waals surface area (Å²) in [7, 11) is 1.57. The molecule has 0 heterocycles. The van der Waals surface area contributed by atoms with E-state index in [9.17, 15) is 14.7 Å². The lowest BCUT2D eigenvalue weighted by molar-refractivity contribution is -0.121. The summed E-state index contributed by atoms with van der Waals surface area (Å²) in [6, 6.07) is 4.54. The van der Waals surface area contributed by atoms with E-state index in [2.05, 4.69) is 5.32 Å². The smallest absolute Gasteiger partial charge is 0.254 e. The third-order valence-corrected chi connectivity index (χ3v) is 2.54. The van der Waals surface area contributed by atoms with Crippen molar-refractivity contribution in [3.05, 3.63) is 29.3 Å². The van der Waals surface area contributed by atoms with Crippen molar-refractivity contribution < 1.29 is 14.7 Å². The summed E-state index contributed by atoms with van der Waals surface area (Å²) in [5.41, 5.74) is 1.17. The predicted octanol–water partition coefficient (Wildman–Crippen LogP) is 0.909. The minimum atomic E-state index is -0.237. The second kappa shape index (κ2) is 6.05. The van der Waals surface area contributed by atoms with E-state index in [-0.39, 0.29) is 24.1 Å². The van der Waals surface area contributed by atoms with Gasteiger partial charge in [0.05, 0.1) is 6.54 Å². The molecule has 0 aliphatic rings. The van der Waals surface area contributed by atoms with Gasteiger partial charge < -0.3 is 15.3 Å². The Kier molecular flexibility index (Phi) is 4.71. The van der Waals surface area contributed by atoms with Gasteiger partial charge in [0.15, 0.2) is 0 Å². The maximum atomic E-state index is 12.1. The fourth-order valence-electron chi connectivity index (χ4n) is 1.63. The molecule has 0 atom stereocenters. The topological polar surface area (TPSA) is 69.6 Å². The number of phenolic OH excluding ortho intramolecular Hbond substituents is 1. The molecule has 18 heavy (non-hydrogen) atoms. The Morgan fingerprint density at radius 3 is 2.61 bits per heavy atom. The fraction of sp³-hybridized carbons (Fsp3) is 0.385. The summed E-state index contributed by atoms with van der Waals surface area (Å²) in [6.45, 7) is 4.13. The van der Waals surface area contributed by atoms with Crippen molar-refractivity contribution in [2.75, 3.05) is 20.1 Å². The Hall–Kier alpha value is -2.04. The van der Waals surface area contributed by atoms with Crippen molar-refractivity contribution in [2.24, 2.45) is 0 Å². The van der Waals surface area contributed by atoms with Gasteiger partial charge in [0, 0.05) is 19.2 Å². The van der Waals surface area contributed by atoms with E-state index in [1.54, 1.807) is 20.0 Å². The number of benzene rings is 1. The van der Waals surface area contributed by atoms with Gasteiger partial charge in [-0.2, -0.15) is 0 Å². The lowest BCUT2D eigenvalue weighted by Crippen LogP contribution is -2.38. The third kappa shape index (κ3) is 3.48. The molecule has 98 valence electrons. The standard InChI is InChI=1S/C13H18N2O3/c1-4-14-12(17)8-15(3)13(18)11-6-5-10(16)7-9(11)2/h5-7,16H,4,8H2,1-3H3,(H,14,17). The van der Waals surface area contributed by atoms with Crippen molar-refractivity contribution in [3.8, 4) is 5.75 Å². The highest BCUT2D eigenvalue weighted by Gasteiger charge is 2.16. The average molecular weight is 250 g/mol. The molecule has 1 rings (SSSR count). The van der Waals surface area contributed by atoms with Crippen LogP contribution in [0.25, 0.3) is 0 Å². The van der Waals surface area contributed by atoms with Gasteiger partial charge in [0.25, 0.3) is 5.91 Å². The third-order valence-electron chi connectivity index (χ3n) is 2.54. The summed E-state index contributed by atoms with van der Waals surface area (Å²) in [5, 5.41) is 11.9. The highest BCUT2D eigenvalue weighted by Crippen LogP contribution is 2.16. The number of phenols is 1. The molecule has 0 unspecified atom stereocenters. The van der Waals surface area contributed by atoms with E-state index in [0.29, 0.717) is 17.7 Å². The molecule has 0 aliphatic heterocycles. The van der Waals surface area contributed by atoms with Gasteiger partial charge >= 0.3 is 0 Å². The van der Waals surface area contributed by atoms with Crippen LogP contribution in [0, 0.1) is 6.92 Å². The van der Waals surface area contributed by atoms with Crippen LogP contribution >= 0.6 is 0 Å². The van der Waals surface area contributed by atoms with Crippen LogP contribution in [0.4, 0.5) is 0 Å². The van der Waals surface area contributed by atoms with Crippen LogP contribution in [0.1, 0.15) is 22.8 Å². The maximum absolute atomic E-state index is 12.1. The molecule has 1 aromatic carbocycles. The largest absolute Gasteiger partial charge is 0.508 e. The Labute approximate surface area is 106 Å². The first-order chi connectivity index (χ1) is 8.45. The highest BCUT2D eigenvalue weighted by atomic mass is 16.3. The van der Waals surface area contributed by atoms with Crippen LogP contribution in [-0.4, -0.2) is 42.0 Å². The van der Waals surface area contributed by atoms with E-state index < -0.39 is 0 Å². The van der Waals surface area contributed by atoms with E-state index in [1.165, 1.54) is 17.0 Å². The number of nitrogens with one attached hydrogen (secondary N) is 1. The molecule has 5 nitrogen and oxygen atoms in total. The summed E-state index contributed by atoms with van der Waals surface area (Å²) < 4.78 is 0. The zero-order valence-electron chi connectivity index (χ0n) is 10.9. The zero-order chi connectivity index (χ0) is 13.7. The molecule has 0 spiro atoms. The molecule has 2 N–H and O–H groups in total. The van der Waals surface area contributed by atoms with Gasteiger partial charge in [-0.05, 0) is 37.6 Å². The number of aromatic hydroxyl groups is 1. The molecular formula is C13H18N2O3. The minimum absolute atomic E-state index is 0.0208. The minimum Gasteiger partial charge on any atom is -0.508 e. The maximum Gasteiger partial charge on any atom is 0.254 e. The van der Waals surface area contributed by atoms with E-state index in [0.717, 1.165) is 0 Å². The van der Waals surface area contributed by atoms with Gasteiger partial charge in [0.1, 0.15) is 5.75 Å². The van der Waals surface area contributed by atoms with Crippen molar-refractivity contribution >= 4 is 11.8 Å². The fourth-order valence-corrected chi connectivity index (χ4v) is 1.63. The number of carbonyl (C=O) groups excluding carboxylic acids is 2. The van der Waals surface area contributed by atoms with Gasteiger partial charge in [-0.3, -0.25) is 9.59 Å². The number of aryl methyl sites for hydroxylation is 1. The molecular weight excluding hydrogens is 232 g/mol. The second-order valence-corrected chi connectivity index (χ2v) is 4.11. The van der Waals surface area contributed by atoms with Gasteiger partial charge in [-0.1, -0.05) is 0 Å². The SMILES string of the molecule is CCNC(=O)CN(C)C(=O)c1ccc(O)cc1C. The van der Waals surface area contributed by atoms with Crippen LogP contribution in [0.3, 0.4) is 0 Å². The first-order valence-electron chi connectivity index (χ1n) is 5.77. The monoisotopic (exact) mass is 250 g/mol. The zero-order valence-corrected chi connectivity index (χ0v) is 10.9. The summed E-state index contributed by atoms with van der Waals surface area (Å²) >= 11 is 0. The molecule has 0 radical (unpaired) electrons. The number of rotatable bonds is 4. The highest BCUT2D eigenvalue weighted by molar-refractivity contribution is 5.97. The first-order valence-corrected chi connectivity index (χ1v) is 5.77. The van der Waals surface area contributed by atoms with E-state index >= 15 is 0 Å². The quantitative estimate of drug-likeness (QED) is 0.834. The normalized spacial score (nSPS) is 9.94. The second-order valence-electron chi connectivity index (χ2n) is 4.11. The average Bonchev–Trinajstić information content (AvgIpc) is 2.28. The predicted molar refractivity (Wildman–Crippen MR) is 68.5 cm³/mol. The molecule has 0 aromatic heterocycles. The molecule has 0 bridgehead atoms. The Balaban J connectivity index is 2.77. The molecule has 0 saturated carbocycles. The summed E-state index contributed by atoms with van der Waals surface area (Å²) in [6.07, 6.45) is 0. The van der Waals surface area contributed by atoms with Gasteiger partial charge in [-0.25, -0.2) is 0 Å². The Morgan fingerprint density at radius 1 is 1.39 bits per heavy atom. The molecule has 2 amide bonds. The molecule has 0 aliphatic carbocycles. The van der Waals surface area contributed by atoms with Crippen molar-refractivity contribution in [3.63, 3.8) is 0 Å². The van der Waals surface area contributed by atoms with Crippen molar-refractivity contribution in [2.45, 2.75) is 13.8 Å². The molecule has 0 fully saturated rings. The van der Waals surface area contributed by atoms with Crippen LogP contribution in [0.15, 0.2) is 18.2 Å². The van der Waals surface area contributed by atoms with Gasteiger partial charge in [-0.15, -0.1) is 0 Å². The van der Waals surface area contributed by atoms with E-state index in [1.807, 2.05) is 6.92 Å². The molecule has 1 aromatic rings. The number of hydrogen-bond acceptors (Lipinski definition) is 3. The Morgan fingerprint density at radius 2 is 2.06 bits per heavy atom. The number of hydrogen-bond donors (Lipinski definition) is 2. The van der Waals surface area contributed by atoms with Crippen molar-refractivity contribution in [1.29, 1.82) is 0 Å². The number of carbonyl (C=O) groups is 2. The summed E-state index contributed by atoms with van der Waals surface area (Å²) in [4.78, 5) is 24.8. The number of amides is 2. The van der Waals surface area contributed by atoms with E-state index in [4.69, 9.17) is 0 Å². The lowest BCUT2D eigenvalue weighted by atomic mass is 10.1. The van der Waals surface area contributed by atoms with Crippen LogP contribution in [0.2, 0.25) is 0 Å². The summed E-state index contributed by atoms with van der Waals surface area (Å²) in [5.74, 6) is -0.307. The van der Waals surface area contributed by atoms with Crippen LogP contribution in [-0.2, 0) is 4.79 Å². The first kappa shape index (κ1) is 14.0. The lowest BCUT2D eigenvalue weighted by Gasteiger charge is -2.17. The van der Waals surface area contributed by atoms with Crippen LogP contribution < -0.4 is 5.32 Å². The molecule has 5 heteroatoms. The molecule has 0 saturated heterocycles. The van der Waals surface area contributed by atoms with Crippen molar-refractivity contribution in [1.82, 2.24) is 10.2 Å². The van der Waals surface area contributed by atoms with Gasteiger partial charge in [0.2, 0.25) is 5.91 Å². The van der Waals surface area contributed by atoms with Crippen LogP contribution in [0.5, 0.6) is 5.75 Å². The number of likely N-dealkylation sites (N-methyl/N-ethyl adjacent to an activating group) is 2. The number of nitrogens with zero attached hydrogens (tertiary/aromatic N) is 1.